The van der Waals surface area contributed by atoms with Crippen LogP contribution >= 0.6 is 0 Å². The van der Waals surface area contributed by atoms with E-state index < -0.39 is 5.97 Å². The molecule has 0 amide bonds. The van der Waals surface area contributed by atoms with Crippen LogP contribution in [0.25, 0.3) is 10.8 Å². The van der Waals surface area contributed by atoms with Gasteiger partial charge >= 0.3 is 5.97 Å². The number of aromatic nitrogens is 1. The minimum atomic E-state index is -1.00. The zero-order chi connectivity index (χ0) is 12.3. The number of ether oxygens (including phenoxy) is 1. The van der Waals surface area contributed by atoms with E-state index in [9.17, 15) is 4.79 Å². The zero-order valence-corrected chi connectivity index (χ0v) is 9.51. The van der Waals surface area contributed by atoms with Crippen LogP contribution in [0.5, 0.6) is 0 Å². The molecule has 1 heterocycles. The molecule has 17 heavy (non-hydrogen) atoms. The normalized spacial score (nSPS) is 10.6. The fourth-order valence-electron chi connectivity index (χ4n) is 1.76. The Hall–Kier alpha value is -1.94. The predicted octanol–water partition coefficient (Wildman–Crippen LogP) is 2.12. The van der Waals surface area contributed by atoms with E-state index in [2.05, 4.69) is 4.98 Å². The molecule has 0 aliphatic carbocycles. The number of fused-ring (bicyclic) bond motifs is 1. The fraction of sp³-hybridized carbons (Fsp3) is 0.231. The molecule has 88 valence electrons. The van der Waals surface area contributed by atoms with Crippen LogP contribution in [-0.2, 0) is 11.2 Å². The Bertz CT molecular complexity index is 551. The molecule has 0 aliphatic rings. The molecule has 2 aromatic rings. The summed E-state index contributed by atoms with van der Waals surface area (Å²) in [5.41, 5.74) is 1.15. The highest BCUT2D eigenvalue weighted by molar-refractivity contribution is 6.01. The van der Waals surface area contributed by atoms with Gasteiger partial charge in [0.15, 0.2) is 5.69 Å². The van der Waals surface area contributed by atoms with Gasteiger partial charge in [-0.15, -0.1) is 0 Å². The topological polar surface area (TPSA) is 59.4 Å². The minimum Gasteiger partial charge on any atom is -0.476 e. The van der Waals surface area contributed by atoms with Crippen molar-refractivity contribution in [1.82, 2.24) is 4.98 Å². The number of hydrogen-bond acceptors (Lipinski definition) is 3. The maximum Gasteiger partial charge on any atom is 0.355 e. The van der Waals surface area contributed by atoms with E-state index in [1.807, 2.05) is 24.3 Å². The molecule has 0 radical (unpaired) electrons. The number of carboxylic acid groups (broad SMARTS) is 1. The Kier molecular flexibility index (Phi) is 3.35. The first-order valence-electron chi connectivity index (χ1n) is 5.32. The standard InChI is InChI=1S/C13H13NO3/c1-17-7-5-9-2-3-10-4-6-14-12(13(15)16)11(10)8-9/h2-4,6,8H,5,7H2,1H3,(H,15,16). The summed E-state index contributed by atoms with van der Waals surface area (Å²) in [5.74, 6) is -1.00. The van der Waals surface area contributed by atoms with Gasteiger partial charge in [0.05, 0.1) is 6.61 Å². The van der Waals surface area contributed by atoms with E-state index in [4.69, 9.17) is 9.84 Å². The Morgan fingerprint density at radius 1 is 1.41 bits per heavy atom. The van der Waals surface area contributed by atoms with Crippen LogP contribution < -0.4 is 0 Å². The molecular formula is C13H13NO3. The highest BCUT2D eigenvalue weighted by Crippen LogP contribution is 2.19. The molecule has 1 aromatic heterocycles. The van der Waals surface area contributed by atoms with E-state index in [1.54, 1.807) is 7.11 Å². The van der Waals surface area contributed by atoms with Gasteiger partial charge in [-0.25, -0.2) is 9.78 Å². The molecule has 0 atom stereocenters. The minimum absolute atomic E-state index is 0.0989. The molecule has 0 fully saturated rings. The van der Waals surface area contributed by atoms with Gasteiger partial charge in [-0.3, -0.25) is 0 Å². The van der Waals surface area contributed by atoms with Crippen LogP contribution in [0.4, 0.5) is 0 Å². The highest BCUT2D eigenvalue weighted by Gasteiger charge is 2.09. The van der Waals surface area contributed by atoms with Crippen molar-refractivity contribution in [3.8, 4) is 0 Å². The van der Waals surface area contributed by atoms with Gasteiger partial charge in [0.1, 0.15) is 0 Å². The largest absolute Gasteiger partial charge is 0.476 e. The summed E-state index contributed by atoms with van der Waals surface area (Å²) in [7, 11) is 1.64. The second-order valence-corrected chi connectivity index (χ2v) is 3.76. The van der Waals surface area contributed by atoms with E-state index in [1.165, 1.54) is 6.20 Å². The second kappa shape index (κ2) is 4.93. The van der Waals surface area contributed by atoms with Gasteiger partial charge in [0.25, 0.3) is 0 Å². The number of pyridine rings is 1. The summed E-state index contributed by atoms with van der Waals surface area (Å²) in [6.45, 7) is 0.619. The van der Waals surface area contributed by atoms with Crippen molar-refractivity contribution < 1.29 is 14.6 Å². The molecule has 0 saturated heterocycles. The number of methoxy groups -OCH3 is 1. The molecule has 4 nitrogen and oxygen atoms in total. The lowest BCUT2D eigenvalue weighted by Crippen LogP contribution is -2.01. The van der Waals surface area contributed by atoms with E-state index in [0.29, 0.717) is 12.0 Å². The van der Waals surface area contributed by atoms with E-state index in [0.717, 1.165) is 17.4 Å². The third-order valence-electron chi connectivity index (χ3n) is 2.63. The Balaban J connectivity index is 2.50. The molecule has 0 spiro atoms. The summed E-state index contributed by atoms with van der Waals surface area (Å²) >= 11 is 0. The number of nitrogens with zero attached hydrogens (tertiary/aromatic N) is 1. The van der Waals surface area contributed by atoms with Crippen LogP contribution in [0.2, 0.25) is 0 Å². The van der Waals surface area contributed by atoms with Gasteiger partial charge in [0.2, 0.25) is 0 Å². The van der Waals surface area contributed by atoms with Crippen LogP contribution in [-0.4, -0.2) is 29.8 Å². The number of carbonyl (C=O) groups is 1. The number of benzene rings is 1. The summed E-state index contributed by atoms with van der Waals surface area (Å²) in [6, 6.07) is 7.56. The van der Waals surface area contributed by atoms with Crippen LogP contribution in [0.3, 0.4) is 0 Å². The molecule has 0 saturated carbocycles. The molecule has 0 bridgehead atoms. The number of carboxylic acids is 1. The van der Waals surface area contributed by atoms with Crippen molar-refractivity contribution in [3.05, 3.63) is 41.7 Å². The third kappa shape index (κ3) is 2.42. The summed E-state index contributed by atoms with van der Waals surface area (Å²) in [4.78, 5) is 15.0. The lowest BCUT2D eigenvalue weighted by molar-refractivity contribution is 0.0693. The first-order chi connectivity index (χ1) is 8.22. The quantitative estimate of drug-likeness (QED) is 0.875. The molecule has 0 unspecified atom stereocenters. The molecule has 1 N–H and O–H groups in total. The Labute approximate surface area is 98.9 Å². The van der Waals surface area contributed by atoms with Gasteiger partial charge in [-0.2, -0.15) is 0 Å². The van der Waals surface area contributed by atoms with Crippen LogP contribution in [0.15, 0.2) is 30.5 Å². The van der Waals surface area contributed by atoms with Crippen molar-refractivity contribution in [2.24, 2.45) is 0 Å². The number of hydrogen-bond donors (Lipinski definition) is 1. The van der Waals surface area contributed by atoms with Gasteiger partial charge in [-0.05, 0) is 29.5 Å². The first kappa shape index (κ1) is 11.5. The Morgan fingerprint density at radius 3 is 2.94 bits per heavy atom. The SMILES string of the molecule is COCCc1ccc2ccnc(C(=O)O)c2c1. The van der Waals surface area contributed by atoms with E-state index >= 15 is 0 Å². The second-order valence-electron chi connectivity index (χ2n) is 3.76. The third-order valence-corrected chi connectivity index (χ3v) is 2.63. The first-order valence-corrected chi connectivity index (χ1v) is 5.32. The molecule has 1 aromatic carbocycles. The van der Waals surface area contributed by atoms with Gasteiger partial charge in [0, 0.05) is 18.7 Å². The van der Waals surface area contributed by atoms with Gasteiger partial charge in [-0.1, -0.05) is 12.1 Å². The van der Waals surface area contributed by atoms with Crippen molar-refractivity contribution in [1.29, 1.82) is 0 Å². The maximum absolute atomic E-state index is 11.1. The lowest BCUT2D eigenvalue weighted by atomic mass is 10.0. The summed E-state index contributed by atoms with van der Waals surface area (Å²) in [6.07, 6.45) is 2.28. The monoisotopic (exact) mass is 231 g/mol. The van der Waals surface area contributed by atoms with Crippen molar-refractivity contribution >= 4 is 16.7 Å². The smallest absolute Gasteiger partial charge is 0.355 e. The number of rotatable bonds is 4. The fourth-order valence-corrected chi connectivity index (χ4v) is 1.76. The Morgan fingerprint density at radius 2 is 2.24 bits per heavy atom. The van der Waals surface area contributed by atoms with Crippen LogP contribution in [0, 0.1) is 0 Å². The average Bonchev–Trinajstić information content (AvgIpc) is 2.35. The number of aromatic carboxylic acids is 1. The van der Waals surface area contributed by atoms with Crippen molar-refractivity contribution in [2.75, 3.05) is 13.7 Å². The average molecular weight is 231 g/mol. The molecule has 4 heteroatoms. The predicted molar refractivity (Wildman–Crippen MR) is 64.3 cm³/mol. The van der Waals surface area contributed by atoms with Crippen molar-refractivity contribution in [3.63, 3.8) is 0 Å². The molecule has 2 rings (SSSR count). The molecule has 0 aliphatic heterocycles. The highest BCUT2D eigenvalue weighted by atomic mass is 16.5. The maximum atomic E-state index is 11.1. The van der Waals surface area contributed by atoms with Crippen molar-refractivity contribution in [2.45, 2.75) is 6.42 Å². The summed E-state index contributed by atoms with van der Waals surface area (Å²) in [5, 5.41) is 10.6. The van der Waals surface area contributed by atoms with Gasteiger partial charge < -0.3 is 9.84 Å². The van der Waals surface area contributed by atoms with E-state index in [-0.39, 0.29) is 5.69 Å². The lowest BCUT2D eigenvalue weighted by Gasteiger charge is -2.05. The van der Waals surface area contributed by atoms with Crippen LogP contribution in [0.1, 0.15) is 16.1 Å². The summed E-state index contributed by atoms with van der Waals surface area (Å²) < 4.78 is 5.00. The molecular weight excluding hydrogens is 218 g/mol. The zero-order valence-electron chi connectivity index (χ0n) is 9.51.